The monoisotopic (exact) mass is 191 g/mol. The maximum Gasteiger partial charge on any atom is 0.150 e. The summed E-state index contributed by atoms with van der Waals surface area (Å²) in [5.74, 6) is 0. The first-order chi connectivity index (χ1) is 6.82. The Bertz CT molecular complexity index is 339. The first kappa shape index (κ1) is 9.37. The Kier molecular flexibility index (Phi) is 2.35. The van der Waals surface area contributed by atoms with Gasteiger partial charge < -0.3 is 4.74 Å². The van der Waals surface area contributed by atoms with Gasteiger partial charge in [-0.05, 0) is 0 Å². The van der Waals surface area contributed by atoms with Gasteiger partial charge >= 0.3 is 0 Å². The van der Waals surface area contributed by atoms with Crippen molar-refractivity contribution in [1.82, 2.24) is 5.32 Å². The lowest BCUT2D eigenvalue weighted by atomic mass is 9.89. The lowest BCUT2D eigenvalue weighted by molar-refractivity contribution is -0.0974. The molecule has 0 spiro atoms. The van der Waals surface area contributed by atoms with Gasteiger partial charge in [-0.1, -0.05) is 24.3 Å². The molecule has 0 bridgehead atoms. The van der Waals surface area contributed by atoms with E-state index in [4.69, 9.17) is 4.74 Å². The summed E-state index contributed by atoms with van der Waals surface area (Å²) < 4.78 is 5.43. The number of carbonyl (C=O) groups is 1. The minimum Gasteiger partial charge on any atom is -0.360 e. The Labute approximate surface area is 83.1 Å². The van der Waals surface area contributed by atoms with Crippen LogP contribution in [0.25, 0.3) is 0 Å². The van der Waals surface area contributed by atoms with Gasteiger partial charge in [0.1, 0.15) is 12.0 Å². The van der Waals surface area contributed by atoms with Gasteiger partial charge in [0, 0.05) is 31.2 Å². The molecule has 3 nitrogen and oxygen atoms in total. The summed E-state index contributed by atoms with van der Waals surface area (Å²) in [6.45, 7) is 0.932. The molecule has 0 aliphatic carbocycles. The second kappa shape index (κ2) is 3.52. The zero-order valence-electron chi connectivity index (χ0n) is 8.12. The number of benzene rings is 1. The Hall–Kier alpha value is -1.19. The fourth-order valence-corrected chi connectivity index (χ4v) is 1.83. The summed E-state index contributed by atoms with van der Waals surface area (Å²) in [6, 6.07) is 7.51. The minimum atomic E-state index is -0.433. The number of ether oxygens (including phenoxy) is 1. The Morgan fingerprint density at radius 2 is 2.21 bits per heavy atom. The molecule has 3 heteroatoms. The van der Waals surface area contributed by atoms with Crippen molar-refractivity contribution in [2.45, 2.75) is 12.1 Å². The van der Waals surface area contributed by atoms with Crippen LogP contribution in [0.4, 0.5) is 0 Å². The third kappa shape index (κ3) is 1.25. The average molecular weight is 191 g/mol. The Morgan fingerprint density at radius 3 is 2.71 bits per heavy atom. The second-order valence-electron chi connectivity index (χ2n) is 3.41. The van der Waals surface area contributed by atoms with Crippen LogP contribution < -0.4 is 5.32 Å². The molecule has 2 rings (SSSR count). The number of hydrogen-bond acceptors (Lipinski definition) is 3. The van der Waals surface area contributed by atoms with Crippen LogP contribution in [0.3, 0.4) is 0 Å². The number of nitrogens with one attached hydrogen (secondary N) is 1. The fourth-order valence-electron chi connectivity index (χ4n) is 1.83. The molecule has 1 aliphatic rings. The SMILES string of the molecule is CO[C@@]1(c2ccccc2C=O)CCN1. The average Bonchev–Trinajstić information content (AvgIpc) is 2.18. The molecule has 1 N–H and O–H groups in total. The standard InChI is InChI=1S/C11H13NO2/c1-14-11(6-7-12-11)10-5-3-2-4-9(10)8-13/h2-5,8,12H,6-7H2,1H3/t11-/m1/s1. The molecule has 0 saturated carbocycles. The van der Waals surface area contributed by atoms with Crippen molar-refractivity contribution in [3.63, 3.8) is 0 Å². The van der Waals surface area contributed by atoms with Gasteiger partial charge in [-0.3, -0.25) is 10.1 Å². The molecule has 0 unspecified atom stereocenters. The lowest BCUT2D eigenvalue weighted by Crippen LogP contribution is -2.55. The maximum atomic E-state index is 10.8. The van der Waals surface area contributed by atoms with Crippen LogP contribution >= 0.6 is 0 Å². The lowest BCUT2D eigenvalue weighted by Gasteiger charge is -2.42. The van der Waals surface area contributed by atoms with Gasteiger partial charge in [-0.15, -0.1) is 0 Å². The van der Waals surface area contributed by atoms with Gasteiger partial charge in [0.15, 0.2) is 0 Å². The highest BCUT2D eigenvalue weighted by Gasteiger charge is 2.39. The molecular formula is C11H13NO2. The number of carbonyl (C=O) groups excluding carboxylic acids is 1. The zero-order valence-corrected chi connectivity index (χ0v) is 8.12. The van der Waals surface area contributed by atoms with Crippen molar-refractivity contribution in [1.29, 1.82) is 0 Å². The molecule has 1 heterocycles. The summed E-state index contributed by atoms with van der Waals surface area (Å²) in [5, 5.41) is 3.22. The number of methoxy groups -OCH3 is 1. The van der Waals surface area contributed by atoms with Crippen molar-refractivity contribution in [2.24, 2.45) is 0 Å². The van der Waals surface area contributed by atoms with E-state index in [2.05, 4.69) is 5.32 Å². The molecule has 0 radical (unpaired) electrons. The Balaban J connectivity index is 2.43. The third-order valence-corrected chi connectivity index (χ3v) is 2.76. The number of hydrogen-bond donors (Lipinski definition) is 1. The van der Waals surface area contributed by atoms with E-state index >= 15 is 0 Å². The van der Waals surface area contributed by atoms with Crippen LogP contribution in [0.2, 0.25) is 0 Å². The van der Waals surface area contributed by atoms with Crippen LogP contribution in [0.5, 0.6) is 0 Å². The molecule has 1 aromatic rings. The number of rotatable bonds is 3. The molecule has 0 amide bonds. The molecule has 0 aromatic heterocycles. The largest absolute Gasteiger partial charge is 0.360 e. The van der Waals surface area contributed by atoms with E-state index in [-0.39, 0.29) is 0 Å². The van der Waals surface area contributed by atoms with Crippen LogP contribution in [0.1, 0.15) is 22.3 Å². The van der Waals surface area contributed by atoms with Crippen LogP contribution in [0.15, 0.2) is 24.3 Å². The molecule has 1 saturated heterocycles. The molecule has 1 fully saturated rings. The Morgan fingerprint density at radius 1 is 1.50 bits per heavy atom. The van der Waals surface area contributed by atoms with E-state index < -0.39 is 5.72 Å². The zero-order chi connectivity index (χ0) is 10.0. The first-order valence-corrected chi connectivity index (χ1v) is 4.67. The van der Waals surface area contributed by atoms with Crippen molar-refractivity contribution in [3.8, 4) is 0 Å². The molecular weight excluding hydrogens is 178 g/mol. The summed E-state index contributed by atoms with van der Waals surface area (Å²) in [5.41, 5.74) is 1.20. The van der Waals surface area contributed by atoms with Gasteiger partial charge in [-0.25, -0.2) is 0 Å². The predicted molar refractivity (Wildman–Crippen MR) is 53.1 cm³/mol. The van der Waals surface area contributed by atoms with E-state index in [1.54, 1.807) is 7.11 Å². The predicted octanol–water partition coefficient (Wildman–Crippen LogP) is 1.29. The summed E-state index contributed by atoms with van der Waals surface area (Å²) >= 11 is 0. The minimum absolute atomic E-state index is 0.433. The van der Waals surface area contributed by atoms with Crippen LogP contribution in [-0.4, -0.2) is 19.9 Å². The van der Waals surface area contributed by atoms with Gasteiger partial charge in [0.05, 0.1) is 0 Å². The molecule has 14 heavy (non-hydrogen) atoms. The van der Waals surface area contributed by atoms with E-state index in [0.717, 1.165) is 24.8 Å². The summed E-state index contributed by atoms with van der Waals surface area (Å²) in [6.07, 6.45) is 1.78. The quantitative estimate of drug-likeness (QED) is 0.732. The summed E-state index contributed by atoms with van der Waals surface area (Å²) in [4.78, 5) is 10.8. The first-order valence-electron chi connectivity index (χ1n) is 4.67. The van der Waals surface area contributed by atoms with Crippen molar-refractivity contribution in [2.75, 3.05) is 13.7 Å². The second-order valence-corrected chi connectivity index (χ2v) is 3.41. The van der Waals surface area contributed by atoms with E-state index in [1.807, 2.05) is 24.3 Å². The maximum absolute atomic E-state index is 10.8. The highest BCUT2D eigenvalue weighted by molar-refractivity contribution is 5.77. The van der Waals surface area contributed by atoms with Crippen molar-refractivity contribution >= 4 is 6.29 Å². The van der Waals surface area contributed by atoms with Crippen molar-refractivity contribution < 1.29 is 9.53 Å². The topological polar surface area (TPSA) is 38.3 Å². The van der Waals surface area contributed by atoms with Gasteiger partial charge in [-0.2, -0.15) is 0 Å². The van der Waals surface area contributed by atoms with E-state index in [0.29, 0.717) is 5.56 Å². The molecule has 74 valence electrons. The highest BCUT2D eigenvalue weighted by Crippen LogP contribution is 2.33. The normalized spacial score (nSPS) is 25.5. The summed E-state index contributed by atoms with van der Waals surface area (Å²) in [7, 11) is 1.66. The highest BCUT2D eigenvalue weighted by atomic mass is 16.5. The molecule has 1 aromatic carbocycles. The smallest absolute Gasteiger partial charge is 0.150 e. The molecule has 1 atom stereocenters. The molecule has 1 aliphatic heterocycles. The van der Waals surface area contributed by atoms with Crippen molar-refractivity contribution in [3.05, 3.63) is 35.4 Å². The van der Waals surface area contributed by atoms with Gasteiger partial charge in [0.25, 0.3) is 0 Å². The fraction of sp³-hybridized carbons (Fsp3) is 0.364. The van der Waals surface area contributed by atoms with E-state index in [9.17, 15) is 4.79 Å². The van der Waals surface area contributed by atoms with Crippen LogP contribution in [0, 0.1) is 0 Å². The number of aldehydes is 1. The van der Waals surface area contributed by atoms with Crippen LogP contribution in [-0.2, 0) is 10.5 Å². The van der Waals surface area contributed by atoms with E-state index in [1.165, 1.54) is 0 Å². The van der Waals surface area contributed by atoms with Gasteiger partial charge in [0.2, 0.25) is 0 Å². The third-order valence-electron chi connectivity index (χ3n) is 2.76.